The molecule has 3 rings (SSSR count). The molecule has 2 aromatic carbocycles. The van der Waals surface area contributed by atoms with Crippen LogP contribution in [0.15, 0.2) is 41.3 Å². The molecule has 7 nitrogen and oxygen atoms in total. The summed E-state index contributed by atoms with van der Waals surface area (Å²) >= 11 is 6.25. The van der Waals surface area contributed by atoms with E-state index in [1.54, 1.807) is 39.3 Å². The number of ether oxygens (including phenoxy) is 2. The van der Waals surface area contributed by atoms with Crippen LogP contribution in [0.25, 0.3) is 0 Å². The van der Waals surface area contributed by atoms with E-state index in [1.807, 2.05) is 0 Å². The molecule has 0 spiro atoms. The van der Waals surface area contributed by atoms with Crippen LogP contribution in [-0.2, 0) is 10.0 Å². The second-order valence-electron chi connectivity index (χ2n) is 7.41. The van der Waals surface area contributed by atoms with Gasteiger partial charge in [0.15, 0.2) is 0 Å². The van der Waals surface area contributed by atoms with Gasteiger partial charge in [-0.3, -0.25) is 4.79 Å². The third-order valence-electron chi connectivity index (χ3n) is 5.39. The fraction of sp³-hybridized carbons (Fsp3) is 0.409. The average molecular weight is 467 g/mol. The molecule has 0 aliphatic carbocycles. The molecular formula is C22H27ClN2O5S. The van der Waals surface area contributed by atoms with Gasteiger partial charge in [0.05, 0.1) is 35.7 Å². The summed E-state index contributed by atoms with van der Waals surface area (Å²) in [6.45, 7) is 2.77. The van der Waals surface area contributed by atoms with Crippen molar-refractivity contribution in [2.75, 3.05) is 27.3 Å². The molecular weight excluding hydrogens is 440 g/mol. The second kappa shape index (κ2) is 9.89. The van der Waals surface area contributed by atoms with E-state index >= 15 is 0 Å². The van der Waals surface area contributed by atoms with Crippen molar-refractivity contribution in [1.29, 1.82) is 0 Å². The zero-order valence-electron chi connectivity index (χ0n) is 17.9. The van der Waals surface area contributed by atoms with Gasteiger partial charge in [0.25, 0.3) is 5.91 Å². The molecule has 1 saturated heterocycles. The van der Waals surface area contributed by atoms with Gasteiger partial charge in [-0.05, 0) is 56.2 Å². The van der Waals surface area contributed by atoms with Crippen molar-refractivity contribution >= 4 is 27.5 Å². The number of nitrogens with zero attached hydrogens (tertiary/aromatic N) is 1. The highest BCUT2D eigenvalue weighted by Gasteiger charge is 2.27. The number of methoxy groups -OCH3 is 2. The molecule has 0 bridgehead atoms. The lowest BCUT2D eigenvalue weighted by Crippen LogP contribution is -2.35. The van der Waals surface area contributed by atoms with E-state index in [4.69, 9.17) is 21.1 Å². The first-order chi connectivity index (χ1) is 14.8. The van der Waals surface area contributed by atoms with Crippen molar-refractivity contribution in [3.05, 3.63) is 52.5 Å². The zero-order valence-corrected chi connectivity index (χ0v) is 19.4. The first-order valence-corrected chi connectivity index (χ1v) is 11.9. The van der Waals surface area contributed by atoms with Gasteiger partial charge in [0.1, 0.15) is 11.5 Å². The molecule has 1 heterocycles. The topological polar surface area (TPSA) is 84.9 Å². The smallest absolute Gasteiger partial charge is 0.253 e. The van der Waals surface area contributed by atoms with Crippen molar-refractivity contribution in [2.24, 2.45) is 0 Å². The number of sulfonamides is 1. The lowest BCUT2D eigenvalue weighted by molar-refractivity contribution is 0.0939. The van der Waals surface area contributed by atoms with Crippen LogP contribution in [-0.4, -0.2) is 45.9 Å². The Balaban J connectivity index is 1.86. The molecule has 2 aromatic rings. The Morgan fingerprint density at radius 1 is 1.06 bits per heavy atom. The minimum Gasteiger partial charge on any atom is -0.497 e. The van der Waals surface area contributed by atoms with Crippen LogP contribution in [0.5, 0.6) is 11.5 Å². The minimum absolute atomic E-state index is 0.0653. The third-order valence-corrected chi connectivity index (χ3v) is 7.61. The summed E-state index contributed by atoms with van der Waals surface area (Å²) in [4.78, 5) is 13.0. The molecule has 1 aliphatic heterocycles. The molecule has 1 N–H and O–H groups in total. The van der Waals surface area contributed by atoms with E-state index in [0.717, 1.165) is 24.8 Å². The van der Waals surface area contributed by atoms with Crippen molar-refractivity contribution in [3.63, 3.8) is 0 Å². The van der Waals surface area contributed by atoms with Gasteiger partial charge < -0.3 is 14.8 Å². The summed E-state index contributed by atoms with van der Waals surface area (Å²) in [6, 6.07) is 9.11. The van der Waals surface area contributed by atoms with Gasteiger partial charge in [-0.15, -0.1) is 0 Å². The summed E-state index contributed by atoms with van der Waals surface area (Å²) in [5, 5.41) is 3.05. The Morgan fingerprint density at radius 2 is 1.77 bits per heavy atom. The van der Waals surface area contributed by atoms with E-state index in [1.165, 1.54) is 22.5 Å². The van der Waals surface area contributed by atoms with E-state index in [2.05, 4.69) is 5.32 Å². The molecule has 1 unspecified atom stereocenters. The van der Waals surface area contributed by atoms with Crippen LogP contribution in [0.4, 0.5) is 0 Å². The van der Waals surface area contributed by atoms with Crippen LogP contribution in [0, 0.1) is 0 Å². The number of benzene rings is 2. The number of hydrogen-bond donors (Lipinski definition) is 1. The normalized spacial score (nSPS) is 15.9. The fourth-order valence-corrected chi connectivity index (χ4v) is 5.37. The van der Waals surface area contributed by atoms with E-state index in [0.29, 0.717) is 24.6 Å². The van der Waals surface area contributed by atoms with E-state index < -0.39 is 22.0 Å². The summed E-state index contributed by atoms with van der Waals surface area (Å²) in [5.41, 5.74) is 0.830. The Hall–Kier alpha value is -2.29. The van der Waals surface area contributed by atoms with Crippen LogP contribution < -0.4 is 14.8 Å². The molecule has 1 fully saturated rings. The molecule has 1 amide bonds. The Labute approximate surface area is 188 Å². The fourth-order valence-electron chi connectivity index (χ4n) is 3.62. The quantitative estimate of drug-likeness (QED) is 0.666. The van der Waals surface area contributed by atoms with Gasteiger partial charge in [-0.25, -0.2) is 8.42 Å². The molecule has 168 valence electrons. The van der Waals surface area contributed by atoms with Crippen LogP contribution in [0.1, 0.15) is 48.1 Å². The van der Waals surface area contributed by atoms with Gasteiger partial charge in [0.2, 0.25) is 10.0 Å². The highest BCUT2D eigenvalue weighted by Crippen LogP contribution is 2.30. The van der Waals surface area contributed by atoms with E-state index in [-0.39, 0.29) is 15.5 Å². The predicted molar refractivity (Wildman–Crippen MR) is 119 cm³/mol. The maximum atomic E-state index is 13.0. The monoisotopic (exact) mass is 466 g/mol. The number of halogens is 1. The maximum Gasteiger partial charge on any atom is 0.253 e. The number of hydrogen-bond acceptors (Lipinski definition) is 5. The molecule has 1 atom stereocenters. The van der Waals surface area contributed by atoms with Gasteiger partial charge in [-0.1, -0.05) is 18.0 Å². The van der Waals surface area contributed by atoms with Crippen molar-refractivity contribution in [3.8, 4) is 11.5 Å². The molecule has 9 heteroatoms. The standard InChI is InChI=1S/C22H27ClN2O5S/c1-15(18-13-16(29-2)7-10-21(18)30-3)24-22(26)19-14-17(8-9-20(19)23)31(27,28)25-11-5-4-6-12-25/h7-10,13-15H,4-6,11-12H2,1-3H3,(H,24,26). The number of amides is 1. The van der Waals surface area contributed by atoms with Crippen molar-refractivity contribution < 1.29 is 22.7 Å². The molecule has 1 aliphatic rings. The largest absolute Gasteiger partial charge is 0.497 e. The number of nitrogens with one attached hydrogen (secondary N) is 1. The van der Waals surface area contributed by atoms with Crippen molar-refractivity contribution in [1.82, 2.24) is 9.62 Å². The minimum atomic E-state index is -3.68. The van der Waals surface area contributed by atoms with Crippen molar-refractivity contribution in [2.45, 2.75) is 37.1 Å². The molecule has 0 radical (unpaired) electrons. The first kappa shape index (κ1) is 23.4. The first-order valence-electron chi connectivity index (χ1n) is 10.1. The van der Waals surface area contributed by atoms with Crippen LogP contribution >= 0.6 is 11.6 Å². The van der Waals surface area contributed by atoms with Crippen LogP contribution in [0.3, 0.4) is 0 Å². The number of rotatable bonds is 7. The maximum absolute atomic E-state index is 13.0. The Bertz CT molecular complexity index is 1050. The number of piperidine rings is 1. The summed E-state index contributed by atoms with van der Waals surface area (Å²) < 4.78 is 38.1. The number of carbonyl (C=O) groups is 1. The van der Waals surface area contributed by atoms with Crippen LogP contribution in [0.2, 0.25) is 5.02 Å². The summed E-state index contributed by atoms with van der Waals surface area (Å²) in [7, 11) is -0.571. The lowest BCUT2D eigenvalue weighted by atomic mass is 10.1. The zero-order chi connectivity index (χ0) is 22.6. The van der Waals surface area contributed by atoms with Gasteiger partial charge in [-0.2, -0.15) is 4.31 Å². The molecule has 31 heavy (non-hydrogen) atoms. The summed E-state index contributed by atoms with van der Waals surface area (Å²) in [5.74, 6) is 0.753. The predicted octanol–water partition coefficient (Wildman–Crippen LogP) is 4.02. The Kier molecular flexibility index (Phi) is 7.46. The second-order valence-corrected chi connectivity index (χ2v) is 9.75. The lowest BCUT2D eigenvalue weighted by Gasteiger charge is -2.26. The average Bonchev–Trinajstić information content (AvgIpc) is 2.79. The van der Waals surface area contributed by atoms with Gasteiger partial charge >= 0.3 is 0 Å². The van der Waals surface area contributed by atoms with Gasteiger partial charge in [0, 0.05) is 18.7 Å². The SMILES string of the molecule is COc1ccc(OC)c(C(C)NC(=O)c2cc(S(=O)(=O)N3CCCCC3)ccc2Cl)c1. The Morgan fingerprint density at radius 3 is 2.42 bits per heavy atom. The molecule has 0 saturated carbocycles. The number of carbonyl (C=O) groups excluding carboxylic acids is 1. The summed E-state index contributed by atoms with van der Waals surface area (Å²) in [6.07, 6.45) is 2.69. The molecule has 0 aromatic heterocycles. The third kappa shape index (κ3) is 5.14. The highest BCUT2D eigenvalue weighted by atomic mass is 35.5. The van der Waals surface area contributed by atoms with E-state index in [9.17, 15) is 13.2 Å². The highest BCUT2D eigenvalue weighted by molar-refractivity contribution is 7.89.